The Hall–Kier alpha value is -1.33. The van der Waals surface area contributed by atoms with E-state index in [2.05, 4.69) is 38.1 Å². The van der Waals surface area contributed by atoms with Crippen LogP contribution in [0.4, 0.5) is 0 Å². The Kier molecular flexibility index (Phi) is 5.16. The molecule has 2 aromatic rings. The first-order valence-corrected chi connectivity index (χ1v) is 8.66. The van der Waals surface area contributed by atoms with Gasteiger partial charge < -0.3 is 10.1 Å². The molecule has 1 heterocycles. The zero-order valence-electron chi connectivity index (χ0n) is 12.9. The van der Waals surface area contributed by atoms with Gasteiger partial charge in [0.2, 0.25) is 5.88 Å². The van der Waals surface area contributed by atoms with E-state index in [1.54, 1.807) is 0 Å². The Labute approximate surface area is 140 Å². The average Bonchev–Trinajstić information content (AvgIpc) is 3.16. The molecule has 22 heavy (non-hydrogen) atoms. The fourth-order valence-electron chi connectivity index (χ4n) is 2.98. The van der Waals surface area contributed by atoms with Crippen molar-refractivity contribution in [2.24, 2.45) is 0 Å². The fourth-order valence-corrected chi connectivity index (χ4v) is 3.38. The minimum Gasteiger partial charge on any atom is -0.473 e. The summed E-state index contributed by atoms with van der Waals surface area (Å²) in [5.74, 6) is 0.882. The Balaban J connectivity index is 1.77. The Morgan fingerprint density at radius 2 is 2.09 bits per heavy atom. The number of hydrogen-bond acceptors (Lipinski definition) is 3. The highest BCUT2D eigenvalue weighted by atomic mass is 79.9. The van der Waals surface area contributed by atoms with Crippen LogP contribution in [0.2, 0.25) is 0 Å². The molecule has 1 aliphatic carbocycles. The molecule has 1 aliphatic rings. The maximum Gasteiger partial charge on any atom is 0.212 e. The molecule has 1 aromatic heterocycles. The number of aromatic nitrogens is 2. The van der Waals surface area contributed by atoms with Gasteiger partial charge in [0.1, 0.15) is 6.61 Å². The lowest BCUT2D eigenvalue weighted by Gasteiger charge is -2.15. The van der Waals surface area contributed by atoms with Crippen LogP contribution in [0.3, 0.4) is 0 Å². The first kappa shape index (κ1) is 15.6. The predicted molar refractivity (Wildman–Crippen MR) is 91.0 cm³/mol. The SMILES string of the molecule is CNCc1cc(OCc2ccccc2Br)n(C2CCCC2)n1. The van der Waals surface area contributed by atoms with Crippen LogP contribution < -0.4 is 10.1 Å². The second-order valence-electron chi connectivity index (χ2n) is 5.77. The monoisotopic (exact) mass is 363 g/mol. The van der Waals surface area contributed by atoms with E-state index < -0.39 is 0 Å². The van der Waals surface area contributed by atoms with Gasteiger partial charge in [-0.2, -0.15) is 5.10 Å². The van der Waals surface area contributed by atoms with Gasteiger partial charge in [-0.25, -0.2) is 4.68 Å². The van der Waals surface area contributed by atoms with Crippen molar-refractivity contribution in [3.63, 3.8) is 0 Å². The van der Waals surface area contributed by atoms with Crippen molar-refractivity contribution >= 4 is 15.9 Å². The molecular weight excluding hydrogens is 342 g/mol. The molecule has 118 valence electrons. The van der Waals surface area contributed by atoms with E-state index in [0.29, 0.717) is 12.6 Å². The number of rotatable bonds is 6. The van der Waals surface area contributed by atoms with Crippen LogP contribution in [0.15, 0.2) is 34.8 Å². The summed E-state index contributed by atoms with van der Waals surface area (Å²) in [5.41, 5.74) is 2.19. The van der Waals surface area contributed by atoms with Crippen LogP contribution in [0, 0.1) is 0 Å². The summed E-state index contributed by atoms with van der Waals surface area (Å²) in [6.07, 6.45) is 4.98. The van der Waals surface area contributed by atoms with E-state index in [4.69, 9.17) is 9.84 Å². The quantitative estimate of drug-likeness (QED) is 0.840. The van der Waals surface area contributed by atoms with Gasteiger partial charge in [-0.3, -0.25) is 0 Å². The Bertz CT molecular complexity index is 620. The van der Waals surface area contributed by atoms with E-state index >= 15 is 0 Å². The Morgan fingerprint density at radius 3 is 2.82 bits per heavy atom. The molecule has 0 unspecified atom stereocenters. The van der Waals surface area contributed by atoms with Crippen LogP contribution in [-0.4, -0.2) is 16.8 Å². The third-order valence-electron chi connectivity index (χ3n) is 4.11. The molecule has 0 aliphatic heterocycles. The van der Waals surface area contributed by atoms with Crippen LogP contribution in [0.25, 0.3) is 0 Å². The number of benzene rings is 1. The Morgan fingerprint density at radius 1 is 1.32 bits per heavy atom. The number of nitrogens with zero attached hydrogens (tertiary/aromatic N) is 2. The highest BCUT2D eigenvalue weighted by Crippen LogP contribution is 2.33. The van der Waals surface area contributed by atoms with Gasteiger partial charge >= 0.3 is 0 Å². The van der Waals surface area contributed by atoms with Crippen molar-refractivity contribution in [2.45, 2.75) is 44.9 Å². The van der Waals surface area contributed by atoms with Crippen molar-refractivity contribution < 1.29 is 4.74 Å². The second-order valence-corrected chi connectivity index (χ2v) is 6.62. The summed E-state index contributed by atoms with van der Waals surface area (Å²) in [6.45, 7) is 1.32. The summed E-state index contributed by atoms with van der Waals surface area (Å²) in [5, 5.41) is 7.89. The molecule has 1 aromatic carbocycles. The molecule has 4 nitrogen and oxygen atoms in total. The smallest absolute Gasteiger partial charge is 0.212 e. The maximum atomic E-state index is 6.09. The minimum atomic E-state index is 0.486. The van der Waals surface area contributed by atoms with Gasteiger partial charge in [0.15, 0.2) is 0 Å². The molecule has 0 spiro atoms. The summed E-state index contributed by atoms with van der Waals surface area (Å²) >= 11 is 3.57. The second kappa shape index (κ2) is 7.29. The van der Waals surface area contributed by atoms with Gasteiger partial charge in [-0.15, -0.1) is 0 Å². The van der Waals surface area contributed by atoms with Crippen LogP contribution in [0.5, 0.6) is 5.88 Å². The summed E-state index contributed by atoms with van der Waals surface area (Å²) in [6, 6.07) is 10.7. The van der Waals surface area contributed by atoms with Crippen molar-refractivity contribution in [3.8, 4) is 5.88 Å². The normalized spacial score (nSPS) is 15.4. The van der Waals surface area contributed by atoms with Crippen molar-refractivity contribution in [1.82, 2.24) is 15.1 Å². The molecule has 0 atom stereocenters. The summed E-state index contributed by atoms with van der Waals surface area (Å²) in [7, 11) is 1.94. The molecular formula is C17H22BrN3O. The van der Waals surface area contributed by atoms with Gasteiger partial charge in [-0.1, -0.05) is 47.0 Å². The largest absolute Gasteiger partial charge is 0.473 e. The van der Waals surface area contributed by atoms with Crippen LogP contribution >= 0.6 is 15.9 Å². The van der Waals surface area contributed by atoms with Crippen molar-refractivity contribution in [2.75, 3.05) is 7.05 Å². The van der Waals surface area contributed by atoms with Crippen LogP contribution in [0.1, 0.15) is 43.0 Å². The molecule has 1 fully saturated rings. The van der Waals surface area contributed by atoms with Gasteiger partial charge in [-0.05, 0) is 26.0 Å². The lowest BCUT2D eigenvalue weighted by molar-refractivity contribution is 0.258. The fraction of sp³-hybridized carbons (Fsp3) is 0.471. The lowest BCUT2D eigenvalue weighted by atomic mass is 10.2. The number of hydrogen-bond donors (Lipinski definition) is 1. The maximum absolute atomic E-state index is 6.09. The predicted octanol–water partition coefficient (Wildman–Crippen LogP) is 4.06. The molecule has 0 amide bonds. The highest BCUT2D eigenvalue weighted by molar-refractivity contribution is 9.10. The van der Waals surface area contributed by atoms with Crippen molar-refractivity contribution in [3.05, 3.63) is 46.1 Å². The van der Waals surface area contributed by atoms with E-state index in [9.17, 15) is 0 Å². The van der Waals surface area contributed by atoms with E-state index in [0.717, 1.165) is 28.2 Å². The first-order valence-electron chi connectivity index (χ1n) is 7.87. The average molecular weight is 364 g/mol. The molecule has 1 saturated carbocycles. The number of halogens is 1. The molecule has 3 rings (SSSR count). The standard InChI is InChI=1S/C17H22BrN3O/c1-19-11-14-10-17(21(20-14)15-7-3-4-8-15)22-12-13-6-2-5-9-16(13)18/h2,5-6,9-10,15,19H,3-4,7-8,11-12H2,1H3. The summed E-state index contributed by atoms with van der Waals surface area (Å²) in [4.78, 5) is 0. The van der Waals surface area contributed by atoms with Crippen LogP contribution in [-0.2, 0) is 13.2 Å². The first-order chi connectivity index (χ1) is 10.8. The van der Waals surface area contributed by atoms with Gasteiger partial charge in [0, 0.05) is 22.6 Å². The molecule has 1 N–H and O–H groups in total. The number of nitrogens with one attached hydrogen (secondary N) is 1. The molecule has 0 radical (unpaired) electrons. The summed E-state index contributed by atoms with van der Waals surface area (Å²) < 4.78 is 9.26. The van der Waals surface area contributed by atoms with Gasteiger partial charge in [0.05, 0.1) is 11.7 Å². The third-order valence-corrected chi connectivity index (χ3v) is 4.89. The van der Waals surface area contributed by atoms with Gasteiger partial charge in [0.25, 0.3) is 0 Å². The van der Waals surface area contributed by atoms with E-state index in [1.165, 1.54) is 25.7 Å². The number of ether oxygens (including phenoxy) is 1. The minimum absolute atomic E-state index is 0.486. The molecule has 5 heteroatoms. The zero-order valence-corrected chi connectivity index (χ0v) is 14.5. The third kappa shape index (κ3) is 3.52. The van der Waals surface area contributed by atoms with Crippen molar-refractivity contribution in [1.29, 1.82) is 0 Å². The molecule has 0 bridgehead atoms. The molecule has 0 saturated heterocycles. The lowest BCUT2D eigenvalue weighted by Crippen LogP contribution is -2.11. The van der Waals surface area contributed by atoms with E-state index in [1.807, 2.05) is 25.2 Å². The highest BCUT2D eigenvalue weighted by Gasteiger charge is 2.22. The zero-order chi connectivity index (χ0) is 15.4. The van der Waals surface area contributed by atoms with E-state index in [-0.39, 0.29) is 0 Å². The topological polar surface area (TPSA) is 39.1 Å².